The molecular formula is C21H19FN4O3S2. The summed E-state index contributed by atoms with van der Waals surface area (Å²) < 4.78 is 20.3. The number of rotatable bonds is 6. The molecule has 0 radical (unpaired) electrons. The molecule has 4 aromatic rings. The molecule has 160 valence electrons. The Bertz CT molecular complexity index is 1340. The third-order valence-corrected chi connectivity index (χ3v) is 6.81. The summed E-state index contributed by atoms with van der Waals surface area (Å²) in [6.07, 6.45) is 1.58. The Morgan fingerprint density at radius 3 is 2.87 bits per heavy atom. The van der Waals surface area contributed by atoms with Crippen LogP contribution in [0.15, 0.2) is 34.7 Å². The van der Waals surface area contributed by atoms with Crippen LogP contribution in [0.1, 0.15) is 16.9 Å². The number of thiophene rings is 1. The SMILES string of the molecule is COc1ccc(-c2csc(NC(=O)CCn3cnc4sc(C)c(C)c4c3=O)n2)cc1F. The van der Waals surface area contributed by atoms with Gasteiger partial charge in [-0.1, -0.05) is 0 Å². The number of methoxy groups -OCH3 is 1. The number of nitrogens with one attached hydrogen (secondary N) is 1. The van der Waals surface area contributed by atoms with Gasteiger partial charge in [-0.05, 0) is 37.6 Å². The van der Waals surface area contributed by atoms with Crippen molar-refractivity contribution >= 4 is 43.9 Å². The molecule has 0 unspecified atom stereocenters. The van der Waals surface area contributed by atoms with Crippen molar-refractivity contribution in [1.82, 2.24) is 14.5 Å². The van der Waals surface area contributed by atoms with Crippen LogP contribution < -0.4 is 15.6 Å². The molecule has 0 saturated heterocycles. The molecule has 10 heteroatoms. The molecule has 4 rings (SSSR count). The minimum Gasteiger partial charge on any atom is -0.494 e. The third-order valence-electron chi connectivity index (χ3n) is 4.93. The zero-order valence-corrected chi connectivity index (χ0v) is 18.7. The fraction of sp³-hybridized carbons (Fsp3) is 0.238. The van der Waals surface area contributed by atoms with Gasteiger partial charge in [0.15, 0.2) is 16.7 Å². The second-order valence-electron chi connectivity index (χ2n) is 6.89. The van der Waals surface area contributed by atoms with E-state index in [2.05, 4.69) is 15.3 Å². The smallest absolute Gasteiger partial charge is 0.262 e. The van der Waals surface area contributed by atoms with Gasteiger partial charge in [-0.15, -0.1) is 22.7 Å². The minimum atomic E-state index is -0.481. The summed E-state index contributed by atoms with van der Waals surface area (Å²) in [6, 6.07) is 4.57. The third kappa shape index (κ3) is 4.21. The van der Waals surface area contributed by atoms with Crippen molar-refractivity contribution < 1.29 is 13.9 Å². The summed E-state index contributed by atoms with van der Waals surface area (Å²) in [6.45, 7) is 4.08. The van der Waals surface area contributed by atoms with E-state index in [1.54, 1.807) is 11.4 Å². The summed E-state index contributed by atoms with van der Waals surface area (Å²) in [5.41, 5.74) is 1.93. The number of amides is 1. The summed E-state index contributed by atoms with van der Waals surface area (Å²) in [5, 5.41) is 5.48. The maximum Gasteiger partial charge on any atom is 0.262 e. The lowest BCUT2D eigenvalue weighted by Crippen LogP contribution is -2.23. The average molecular weight is 459 g/mol. The molecule has 0 aliphatic carbocycles. The normalized spacial score (nSPS) is 11.1. The highest BCUT2D eigenvalue weighted by atomic mass is 32.1. The quantitative estimate of drug-likeness (QED) is 0.464. The van der Waals surface area contributed by atoms with E-state index >= 15 is 0 Å². The maximum absolute atomic E-state index is 13.9. The first kappa shape index (κ1) is 21.1. The highest BCUT2D eigenvalue weighted by molar-refractivity contribution is 7.18. The number of anilines is 1. The largest absolute Gasteiger partial charge is 0.494 e. The Morgan fingerprint density at radius 1 is 1.32 bits per heavy atom. The van der Waals surface area contributed by atoms with E-state index in [9.17, 15) is 14.0 Å². The number of benzene rings is 1. The van der Waals surface area contributed by atoms with Crippen LogP contribution in [0, 0.1) is 19.7 Å². The lowest BCUT2D eigenvalue weighted by Gasteiger charge is -2.06. The van der Waals surface area contributed by atoms with Gasteiger partial charge in [-0.2, -0.15) is 0 Å². The van der Waals surface area contributed by atoms with Crippen LogP contribution in [-0.4, -0.2) is 27.6 Å². The standard InChI is InChI=1S/C21H19FN4O3S2/c1-11-12(2)31-19-18(11)20(28)26(10-23-19)7-6-17(27)25-21-24-15(9-30-21)13-4-5-16(29-3)14(22)8-13/h4-5,8-10H,6-7H2,1-3H3,(H,24,25,27). The molecule has 1 aromatic carbocycles. The molecule has 1 N–H and O–H groups in total. The number of halogens is 1. The summed E-state index contributed by atoms with van der Waals surface area (Å²) in [7, 11) is 1.40. The number of carbonyl (C=O) groups excluding carboxylic acids is 1. The van der Waals surface area contributed by atoms with E-state index < -0.39 is 5.82 Å². The van der Waals surface area contributed by atoms with Gasteiger partial charge >= 0.3 is 0 Å². The fourth-order valence-corrected chi connectivity index (χ4v) is 4.85. The molecule has 0 fully saturated rings. The molecule has 0 atom stereocenters. The maximum atomic E-state index is 13.9. The molecule has 0 aliphatic heterocycles. The van der Waals surface area contributed by atoms with Crippen molar-refractivity contribution in [3.8, 4) is 17.0 Å². The van der Waals surface area contributed by atoms with E-state index in [0.29, 0.717) is 26.6 Å². The first-order chi connectivity index (χ1) is 14.9. The van der Waals surface area contributed by atoms with Crippen LogP contribution in [-0.2, 0) is 11.3 Å². The molecule has 0 saturated carbocycles. The summed E-state index contributed by atoms with van der Waals surface area (Å²) in [5.74, 6) is -0.596. The van der Waals surface area contributed by atoms with Gasteiger partial charge in [0.25, 0.3) is 5.56 Å². The van der Waals surface area contributed by atoms with E-state index in [0.717, 1.165) is 10.4 Å². The summed E-state index contributed by atoms with van der Waals surface area (Å²) in [4.78, 5) is 35.5. The number of hydrogen-bond donors (Lipinski definition) is 1. The van der Waals surface area contributed by atoms with Crippen LogP contribution in [0.4, 0.5) is 9.52 Å². The molecule has 1 amide bonds. The van der Waals surface area contributed by atoms with Crippen LogP contribution in [0.3, 0.4) is 0 Å². The molecular weight excluding hydrogens is 439 g/mol. The Morgan fingerprint density at radius 2 is 2.13 bits per heavy atom. The number of ether oxygens (including phenoxy) is 1. The number of carbonyl (C=O) groups is 1. The molecule has 0 bridgehead atoms. The van der Waals surface area contributed by atoms with Gasteiger partial charge in [0.05, 0.1) is 24.5 Å². The van der Waals surface area contributed by atoms with Crippen molar-refractivity contribution in [1.29, 1.82) is 0 Å². The van der Waals surface area contributed by atoms with Crippen LogP contribution in [0.25, 0.3) is 21.5 Å². The Hall–Kier alpha value is -3.11. The Balaban J connectivity index is 1.43. The summed E-state index contributed by atoms with van der Waals surface area (Å²) >= 11 is 2.73. The second-order valence-corrected chi connectivity index (χ2v) is 8.95. The monoisotopic (exact) mass is 458 g/mol. The minimum absolute atomic E-state index is 0.0985. The van der Waals surface area contributed by atoms with Crippen LogP contribution >= 0.6 is 22.7 Å². The molecule has 3 heterocycles. The van der Waals surface area contributed by atoms with Gasteiger partial charge in [0.2, 0.25) is 5.91 Å². The molecule has 7 nitrogen and oxygen atoms in total. The number of hydrogen-bond acceptors (Lipinski definition) is 7. The highest BCUT2D eigenvalue weighted by Crippen LogP contribution is 2.28. The predicted octanol–water partition coefficient (Wildman–Crippen LogP) is 4.37. The van der Waals surface area contributed by atoms with Gasteiger partial charge < -0.3 is 10.1 Å². The first-order valence-corrected chi connectivity index (χ1v) is 11.1. The molecule has 0 aliphatic rings. The zero-order chi connectivity index (χ0) is 22.1. The highest BCUT2D eigenvalue weighted by Gasteiger charge is 2.14. The van der Waals surface area contributed by atoms with Crippen LogP contribution in [0.5, 0.6) is 5.75 Å². The van der Waals surface area contributed by atoms with E-state index in [1.807, 2.05) is 13.8 Å². The lowest BCUT2D eigenvalue weighted by atomic mass is 10.1. The van der Waals surface area contributed by atoms with Gasteiger partial charge in [0.1, 0.15) is 4.83 Å². The number of thiazole rings is 1. The van der Waals surface area contributed by atoms with Gasteiger partial charge in [-0.3, -0.25) is 14.2 Å². The topological polar surface area (TPSA) is 86.1 Å². The molecule has 0 spiro atoms. The number of aromatic nitrogens is 3. The fourth-order valence-electron chi connectivity index (χ4n) is 3.12. The van der Waals surface area contributed by atoms with Crippen molar-refractivity contribution in [2.24, 2.45) is 0 Å². The van der Waals surface area contributed by atoms with E-state index in [4.69, 9.17) is 4.74 Å². The van der Waals surface area contributed by atoms with Crippen molar-refractivity contribution in [2.45, 2.75) is 26.8 Å². The number of fused-ring (bicyclic) bond motifs is 1. The Kier molecular flexibility index (Phi) is 5.84. The second kappa shape index (κ2) is 8.56. The zero-order valence-electron chi connectivity index (χ0n) is 17.1. The van der Waals surface area contributed by atoms with Crippen LogP contribution in [0.2, 0.25) is 0 Å². The predicted molar refractivity (Wildman–Crippen MR) is 121 cm³/mol. The number of nitrogens with zero attached hydrogens (tertiary/aromatic N) is 3. The lowest BCUT2D eigenvalue weighted by molar-refractivity contribution is -0.116. The van der Waals surface area contributed by atoms with Gasteiger partial charge in [0, 0.05) is 28.8 Å². The van der Waals surface area contributed by atoms with Crippen molar-refractivity contribution in [3.05, 3.63) is 56.5 Å². The molecule has 31 heavy (non-hydrogen) atoms. The van der Waals surface area contributed by atoms with Crippen molar-refractivity contribution in [3.63, 3.8) is 0 Å². The molecule has 3 aromatic heterocycles. The van der Waals surface area contributed by atoms with E-state index in [-0.39, 0.29) is 30.2 Å². The first-order valence-electron chi connectivity index (χ1n) is 9.41. The average Bonchev–Trinajstić information content (AvgIpc) is 3.32. The van der Waals surface area contributed by atoms with E-state index in [1.165, 1.54) is 52.8 Å². The van der Waals surface area contributed by atoms with Crippen molar-refractivity contribution in [2.75, 3.05) is 12.4 Å². The van der Waals surface area contributed by atoms with Gasteiger partial charge in [-0.25, -0.2) is 14.4 Å². The Labute approximate surface area is 185 Å². The number of aryl methyl sites for hydroxylation is 3.